The third kappa shape index (κ3) is 2.37. The number of amides is 1. The summed E-state index contributed by atoms with van der Waals surface area (Å²) in [5.41, 5.74) is 0.120. The Kier molecular flexibility index (Phi) is 3.26. The van der Waals surface area contributed by atoms with E-state index in [0.29, 0.717) is 11.6 Å². The summed E-state index contributed by atoms with van der Waals surface area (Å²) in [5, 5.41) is 11.1. The van der Waals surface area contributed by atoms with Crippen LogP contribution in [0.25, 0.3) is 0 Å². The summed E-state index contributed by atoms with van der Waals surface area (Å²) >= 11 is 10.0. The Hall–Kier alpha value is -1.27. The van der Waals surface area contributed by atoms with Crippen LogP contribution in [0, 0.1) is 10.1 Å². The van der Waals surface area contributed by atoms with Crippen molar-refractivity contribution < 1.29 is 9.72 Å². The molecular weight excluding hydrogens is 264 g/mol. The minimum absolute atomic E-state index is 0.0962. The van der Waals surface area contributed by atoms with Crippen LogP contribution < -0.4 is 4.90 Å². The first-order chi connectivity index (χ1) is 7.99. The summed E-state index contributed by atoms with van der Waals surface area (Å²) in [6, 6.07) is 4.17. The summed E-state index contributed by atoms with van der Waals surface area (Å²) in [6.45, 7) is 0.364. The summed E-state index contributed by atoms with van der Waals surface area (Å²) in [7, 11) is 0. The van der Waals surface area contributed by atoms with Gasteiger partial charge >= 0.3 is 0 Å². The molecule has 17 heavy (non-hydrogen) atoms. The number of anilines is 1. The number of nitro benzene ring substituents is 1. The van der Waals surface area contributed by atoms with Gasteiger partial charge in [0.05, 0.1) is 4.92 Å². The number of nitrogens with zero attached hydrogens (tertiary/aromatic N) is 2. The first-order valence-electron chi connectivity index (χ1n) is 4.91. The number of rotatable bonds is 2. The summed E-state index contributed by atoms with van der Waals surface area (Å²) in [4.78, 5) is 23.4. The molecule has 1 saturated heterocycles. The third-order valence-electron chi connectivity index (χ3n) is 2.53. The predicted octanol–water partition coefficient (Wildman–Crippen LogP) is 2.28. The fourth-order valence-corrected chi connectivity index (χ4v) is 2.27. The average molecular weight is 273 g/mol. The maximum absolute atomic E-state index is 11.7. The molecule has 2 rings (SSSR count). The van der Waals surface area contributed by atoms with Crippen molar-refractivity contribution in [3.63, 3.8) is 0 Å². The molecule has 1 atom stereocenters. The molecular formula is C10H9ClN2O3S. The normalized spacial score (nSPS) is 19.8. The molecule has 1 heterocycles. The number of halogens is 1. The molecule has 0 radical (unpaired) electrons. The number of carbonyl (C=O) groups excluding carboxylic acids is 1. The predicted molar refractivity (Wildman–Crippen MR) is 67.9 cm³/mol. The minimum Gasteiger partial charge on any atom is -0.305 e. The SMILES string of the molecule is O=C1CC(S)CN1c1cc(Cl)ccc1[N+](=O)[O-]. The molecule has 0 aromatic heterocycles. The van der Waals surface area contributed by atoms with Crippen LogP contribution in [0.5, 0.6) is 0 Å². The summed E-state index contributed by atoms with van der Waals surface area (Å²) in [5.74, 6) is -0.171. The van der Waals surface area contributed by atoms with Crippen LogP contribution in [0.2, 0.25) is 5.02 Å². The molecule has 1 amide bonds. The van der Waals surface area contributed by atoms with Gasteiger partial charge in [0.1, 0.15) is 5.69 Å². The van der Waals surface area contributed by atoms with Crippen molar-refractivity contribution in [2.75, 3.05) is 11.4 Å². The van der Waals surface area contributed by atoms with Crippen molar-refractivity contribution in [2.24, 2.45) is 0 Å². The smallest absolute Gasteiger partial charge is 0.293 e. The van der Waals surface area contributed by atoms with Crippen molar-refractivity contribution >= 4 is 41.5 Å². The Bertz CT molecular complexity index is 494. The Morgan fingerprint density at radius 3 is 2.76 bits per heavy atom. The van der Waals surface area contributed by atoms with Crippen molar-refractivity contribution in [1.29, 1.82) is 0 Å². The lowest BCUT2D eigenvalue weighted by Gasteiger charge is -2.16. The number of benzene rings is 1. The van der Waals surface area contributed by atoms with E-state index in [-0.39, 0.29) is 29.0 Å². The van der Waals surface area contributed by atoms with Gasteiger partial charge in [0.25, 0.3) is 5.69 Å². The summed E-state index contributed by atoms with van der Waals surface area (Å²) < 4.78 is 0. The van der Waals surface area contributed by atoms with Crippen LogP contribution in [-0.4, -0.2) is 22.6 Å². The highest BCUT2D eigenvalue weighted by atomic mass is 35.5. The van der Waals surface area contributed by atoms with Crippen molar-refractivity contribution in [1.82, 2.24) is 0 Å². The molecule has 1 unspecified atom stereocenters. The van der Waals surface area contributed by atoms with E-state index < -0.39 is 4.92 Å². The van der Waals surface area contributed by atoms with Crippen molar-refractivity contribution in [2.45, 2.75) is 11.7 Å². The lowest BCUT2D eigenvalue weighted by Crippen LogP contribution is -2.25. The molecule has 1 aromatic carbocycles. The second kappa shape index (κ2) is 4.54. The molecule has 0 N–H and O–H groups in total. The Balaban J connectivity index is 2.46. The molecule has 90 valence electrons. The fourth-order valence-electron chi connectivity index (χ4n) is 1.79. The van der Waals surface area contributed by atoms with E-state index in [1.54, 1.807) is 0 Å². The highest BCUT2D eigenvalue weighted by Gasteiger charge is 2.32. The fraction of sp³-hybridized carbons (Fsp3) is 0.300. The van der Waals surface area contributed by atoms with Gasteiger partial charge in [-0.3, -0.25) is 14.9 Å². The number of carbonyl (C=O) groups is 1. The zero-order chi connectivity index (χ0) is 12.6. The van der Waals surface area contributed by atoms with Gasteiger partial charge in [-0.2, -0.15) is 12.6 Å². The third-order valence-corrected chi connectivity index (χ3v) is 3.11. The van der Waals surface area contributed by atoms with Gasteiger partial charge in [0, 0.05) is 29.3 Å². The monoisotopic (exact) mass is 272 g/mol. The van der Waals surface area contributed by atoms with E-state index in [2.05, 4.69) is 12.6 Å². The molecule has 0 aliphatic carbocycles. The van der Waals surface area contributed by atoms with Gasteiger partial charge in [-0.1, -0.05) is 11.6 Å². The first-order valence-corrected chi connectivity index (χ1v) is 5.81. The van der Waals surface area contributed by atoms with Crippen molar-refractivity contribution in [3.8, 4) is 0 Å². The molecule has 5 nitrogen and oxygen atoms in total. The molecule has 1 fully saturated rings. The number of hydrogen-bond donors (Lipinski definition) is 1. The van der Waals surface area contributed by atoms with E-state index in [9.17, 15) is 14.9 Å². The highest BCUT2D eigenvalue weighted by molar-refractivity contribution is 7.81. The van der Waals surface area contributed by atoms with Gasteiger partial charge in [0.2, 0.25) is 5.91 Å². The molecule has 1 aliphatic rings. The van der Waals surface area contributed by atoms with Crippen LogP contribution in [0.1, 0.15) is 6.42 Å². The largest absolute Gasteiger partial charge is 0.305 e. The lowest BCUT2D eigenvalue weighted by atomic mass is 10.2. The lowest BCUT2D eigenvalue weighted by molar-refractivity contribution is -0.384. The van der Waals surface area contributed by atoms with E-state index in [0.717, 1.165) is 0 Å². The molecule has 1 aromatic rings. The molecule has 7 heteroatoms. The minimum atomic E-state index is -0.523. The maximum Gasteiger partial charge on any atom is 0.293 e. The number of nitro groups is 1. The standard InChI is InChI=1S/C10H9ClN2O3S/c11-6-1-2-8(13(15)16)9(3-6)12-5-7(17)4-10(12)14/h1-3,7,17H,4-5H2. The number of thiol groups is 1. The van der Waals surface area contributed by atoms with Gasteiger partial charge in [-0.05, 0) is 12.1 Å². The van der Waals surface area contributed by atoms with Gasteiger partial charge in [0.15, 0.2) is 0 Å². The first kappa shape index (κ1) is 12.2. The van der Waals surface area contributed by atoms with Crippen LogP contribution in [-0.2, 0) is 4.79 Å². The van der Waals surface area contributed by atoms with Gasteiger partial charge in [-0.25, -0.2) is 0 Å². The second-order valence-electron chi connectivity index (χ2n) is 3.75. The van der Waals surface area contributed by atoms with E-state index >= 15 is 0 Å². The Morgan fingerprint density at radius 1 is 1.53 bits per heavy atom. The zero-order valence-electron chi connectivity index (χ0n) is 8.67. The quantitative estimate of drug-likeness (QED) is 0.510. The van der Waals surface area contributed by atoms with Crippen LogP contribution >= 0.6 is 24.2 Å². The molecule has 0 spiro atoms. The number of hydrogen-bond acceptors (Lipinski definition) is 4. The highest BCUT2D eigenvalue weighted by Crippen LogP contribution is 2.34. The van der Waals surface area contributed by atoms with E-state index in [4.69, 9.17) is 11.6 Å². The van der Waals surface area contributed by atoms with Crippen LogP contribution in [0.4, 0.5) is 11.4 Å². The van der Waals surface area contributed by atoms with E-state index in [1.165, 1.54) is 23.1 Å². The average Bonchev–Trinajstić information content (AvgIpc) is 2.57. The van der Waals surface area contributed by atoms with E-state index in [1.807, 2.05) is 0 Å². The molecule has 0 saturated carbocycles. The zero-order valence-corrected chi connectivity index (χ0v) is 10.3. The molecule has 0 bridgehead atoms. The van der Waals surface area contributed by atoms with Gasteiger partial charge in [-0.15, -0.1) is 0 Å². The summed E-state index contributed by atoms with van der Waals surface area (Å²) in [6.07, 6.45) is 0.285. The molecule has 1 aliphatic heterocycles. The maximum atomic E-state index is 11.7. The second-order valence-corrected chi connectivity index (χ2v) is 4.92. The van der Waals surface area contributed by atoms with Crippen LogP contribution in [0.3, 0.4) is 0 Å². The Morgan fingerprint density at radius 2 is 2.24 bits per heavy atom. The van der Waals surface area contributed by atoms with Crippen molar-refractivity contribution in [3.05, 3.63) is 33.3 Å². The van der Waals surface area contributed by atoms with Gasteiger partial charge < -0.3 is 4.90 Å². The Labute approximate surface area is 108 Å². The topological polar surface area (TPSA) is 63.5 Å². The van der Waals surface area contributed by atoms with Crippen LogP contribution in [0.15, 0.2) is 18.2 Å².